The molecule has 31 heavy (non-hydrogen) atoms. The summed E-state index contributed by atoms with van der Waals surface area (Å²) in [5.74, 6) is 0.522. The van der Waals surface area contributed by atoms with E-state index in [1.807, 2.05) is 4.90 Å². The molecule has 0 spiro atoms. The fraction of sp³-hybridized carbons (Fsp3) is 0.318. The van der Waals surface area contributed by atoms with Crippen molar-refractivity contribution in [1.29, 1.82) is 5.41 Å². The van der Waals surface area contributed by atoms with Crippen molar-refractivity contribution in [3.8, 4) is 0 Å². The van der Waals surface area contributed by atoms with Gasteiger partial charge < -0.3 is 26.3 Å². The number of aryl methyl sites for hydroxylation is 1. The van der Waals surface area contributed by atoms with E-state index in [-0.39, 0.29) is 11.5 Å². The third kappa shape index (κ3) is 3.95. The first-order valence-electron chi connectivity index (χ1n) is 10.2. The maximum Gasteiger partial charge on any atom is 0.264 e. The maximum absolute atomic E-state index is 14.0. The molecule has 2 aliphatic rings. The van der Waals surface area contributed by atoms with Gasteiger partial charge in [0.05, 0.1) is 5.69 Å². The predicted octanol–water partition coefficient (Wildman–Crippen LogP) is 4.07. The first-order chi connectivity index (χ1) is 15.0. The molecule has 0 fully saturated rings. The van der Waals surface area contributed by atoms with Gasteiger partial charge in [0.25, 0.3) is 6.43 Å². The summed E-state index contributed by atoms with van der Waals surface area (Å²) in [6.45, 7) is 1.09. The van der Waals surface area contributed by atoms with E-state index >= 15 is 0 Å². The highest BCUT2D eigenvalue weighted by Gasteiger charge is 2.28. The van der Waals surface area contributed by atoms with Gasteiger partial charge in [-0.15, -0.1) is 0 Å². The molecule has 0 bridgehead atoms. The first kappa shape index (κ1) is 20.8. The second kappa shape index (κ2) is 8.71. The molecule has 1 aromatic heterocycles. The molecule has 4 rings (SSSR count). The van der Waals surface area contributed by atoms with Gasteiger partial charge in [-0.25, -0.2) is 13.8 Å². The number of allylic oxidation sites excluding steroid dienone is 1. The molecule has 0 saturated heterocycles. The lowest BCUT2D eigenvalue weighted by Crippen LogP contribution is -2.27. The number of carbonyl (C=O) groups excluding carboxylic acids is 1. The quantitative estimate of drug-likeness (QED) is 0.541. The number of carbonyl (C=O) groups is 1. The average Bonchev–Trinajstić information content (AvgIpc) is 2.96. The van der Waals surface area contributed by atoms with Crippen molar-refractivity contribution in [3.63, 3.8) is 0 Å². The Hall–Kier alpha value is -3.49. The molecule has 1 aromatic carbocycles. The van der Waals surface area contributed by atoms with Crippen molar-refractivity contribution in [2.24, 2.45) is 0 Å². The van der Waals surface area contributed by atoms with Crippen LogP contribution < -0.4 is 20.9 Å². The van der Waals surface area contributed by atoms with E-state index in [4.69, 9.17) is 5.41 Å². The van der Waals surface area contributed by atoms with Crippen LogP contribution >= 0.6 is 0 Å². The van der Waals surface area contributed by atoms with Gasteiger partial charge in [0, 0.05) is 62.0 Å². The van der Waals surface area contributed by atoms with Gasteiger partial charge in [0.1, 0.15) is 5.69 Å². The fourth-order valence-corrected chi connectivity index (χ4v) is 4.10. The minimum atomic E-state index is -2.69. The molecule has 4 N–H and O–H groups in total. The Labute approximate surface area is 179 Å². The summed E-state index contributed by atoms with van der Waals surface area (Å²) in [4.78, 5) is 18.4. The molecule has 9 heteroatoms. The molecule has 162 valence electrons. The van der Waals surface area contributed by atoms with Crippen LogP contribution in [0, 0.1) is 5.41 Å². The van der Waals surface area contributed by atoms with Crippen LogP contribution in [0.3, 0.4) is 0 Å². The molecule has 2 aromatic rings. The highest BCUT2D eigenvalue weighted by Crippen LogP contribution is 2.42. The zero-order valence-corrected chi connectivity index (χ0v) is 17.1. The smallest absolute Gasteiger partial charge is 0.264 e. The Morgan fingerprint density at radius 3 is 2.94 bits per heavy atom. The van der Waals surface area contributed by atoms with Gasteiger partial charge >= 0.3 is 0 Å². The number of rotatable bonds is 5. The van der Waals surface area contributed by atoms with E-state index in [9.17, 15) is 13.6 Å². The fourth-order valence-electron chi connectivity index (χ4n) is 4.10. The SMILES string of the molecule is CN/C=C(\C=N)c1cc2c(cc1C(F)F)N(c1nccc3c1NCCC(=O)N3)CCC2. The number of alkyl halides is 2. The molecule has 1 amide bonds. The van der Waals surface area contributed by atoms with E-state index in [1.165, 1.54) is 6.07 Å². The first-order valence-corrected chi connectivity index (χ1v) is 10.2. The normalized spacial score (nSPS) is 16.1. The molecule has 0 saturated carbocycles. The van der Waals surface area contributed by atoms with Crippen molar-refractivity contribution in [3.05, 3.63) is 47.3 Å². The van der Waals surface area contributed by atoms with Crippen LogP contribution in [0.2, 0.25) is 0 Å². The summed E-state index contributed by atoms with van der Waals surface area (Å²) in [6.07, 6.45) is 3.46. The van der Waals surface area contributed by atoms with Crippen LogP contribution in [0.25, 0.3) is 5.57 Å². The van der Waals surface area contributed by atoms with Crippen molar-refractivity contribution in [2.45, 2.75) is 25.7 Å². The average molecular weight is 426 g/mol. The van der Waals surface area contributed by atoms with Gasteiger partial charge in [-0.3, -0.25) is 4.79 Å². The number of anilines is 4. The summed E-state index contributed by atoms with van der Waals surface area (Å²) >= 11 is 0. The lowest BCUT2D eigenvalue weighted by atomic mass is 9.92. The number of amides is 1. The van der Waals surface area contributed by atoms with Gasteiger partial charge in [0.15, 0.2) is 5.82 Å². The molecular weight excluding hydrogens is 402 g/mol. The Morgan fingerprint density at radius 1 is 1.35 bits per heavy atom. The molecule has 3 heterocycles. The van der Waals surface area contributed by atoms with E-state index in [0.29, 0.717) is 53.5 Å². The van der Waals surface area contributed by atoms with Gasteiger partial charge in [-0.05, 0) is 42.2 Å². The number of nitrogens with one attached hydrogen (secondary N) is 4. The van der Waals surface area contributed by atoms with Gasteiger partial charge in [0.2, 0.25) is 5.91 Å². The molecule has 0 atom stereocenters. The van der Waals surface area contributed by atoms with Gasteiger partial charge in [-0.2, -0.15) is 0 Å². The number of pyridine rings is 1. The van der Waals surface area contributed by atoms with Crippen LogP contribution in [0.5, 0.6) is 0 Å². The number of halogens is 2. The lowest BCUT2D eigenvalue weighted by molar-refractivity contribution is -0.115. The highest BCUT2D eigenvalue weighted by molar-refractivity contribution is 6.09. The zero-order chi connectivity index (χ0) is 22.0. The van der Waals surface area contributed by atoms with Crippen molar-refractivity contribution in [2.75, 3.05) is 35.7 Å². The van der Waals surface area contributed by atoms with E-state index < -0.39 is 6.43 Å². The monoisotopic (exact) mass is 426 g/mol. The Bertz CT molecular complexity index is 1050. The zero-order valence-electron chi connectivity index (χ0n) is 17.1. The van der Waals surface area contributed by atoms with E-state index in [2.05, 4.69) is 20.9 Å². The third-order valence-electron chi connectivity index (χ3n) is 5.49. The van der Waals surface area contributed by atoms with Crippen LogP contribution in [-0.4, -0.2) is 37.2 Å². The highest BCUT2D eigenvalue weighted by atomic mass is 19.3. The number of aromatic nitrogens is 1. The molecular formula is C22H24F2N6O. The third-order valence-corrected chi connectivity index (χ3v) is 5.49. The number of fused-ring (bicyclic) bond motifs is 2. The molecule has 0 radical (unpaired) electrons. The maximum atomic E-state index is 14.0. The second-order valence-corrected chi connectivity index (χ2v) is 7.44. The van der Waals surface area contributed by atoms with Crippen LogP contribution in [0.4, 0.5) is 31.7 Å². The summed E-state index contributed by atoms with van der Waals surface area (Å²) in [5, 5.41) is 16.6. The van der Waals surface area contributed by atoms with Crippen LogP contribution in [0.15, 0.2) is 30.6 Å². The predicted molar refractivity (Wildman–Crippen MR) is 119 cm³/mol. The summed E-state index contributed by atoms with van der Waals surface area (Å²) in [6, 6.07) is 5.00. The molecule has 2 aliphatic heterocycles. The van der Waals surface area contributed by atoms with Crippen molar-refractivity contribution >= 4 is 40.6 Å². The largest absolute Gasteiger partial charge is 0.393 e. The lowest BCUT2D eigenvalue weighted by Gasteiger charge is -2.33. The van der Waals surface area contributed by atoms with Crippen LogP contribution in [0.1, 0.15) is 36.0 Å². The minimum absolute atomic E-state index is 0.0810. The summed E-state index contributed by atoms with van der Waals surface area (Å²) < 4.78 is 28.0. The van der Waals surface area contributed by atoms with Gasteiger partial charge in [-0.1, -0.05) is 0 Å². The summed E-state index contributed by atoms with van der Waals surface area (Å²) in [5.41, 5.74) is 3.55. The molecule has 7 nitrogen and oxygen atoms in total. The second-order valence-electron chi connectivity index (χ2n) is 7.44. The number of benzene rings is 1. The summed E-state index contributed by atoms with van der Waals surface area (Å²) in [7, 11) is 1.67. The van der Waals surface area contributed by atoms with Crippen molar-refractivity contribution in [1.82, 2.24) is 10.3 Å². The topological polar surface area (TPSA) is 93.1 Å². The minimum Gasteiger partial charge on any atom is -0.393 e. The number of hydrogen-bond donors (Lipinski definition) is 4. The number of nitrogens with zero attached hydrogens (tertiary/aromatic N) is 2. The molecule has 0 aliphatic carbocycles. The molecule has 0 unspecified atom stereocenters. The van der Waals surface area contributed by atoms with E-state index in [0.717, 1.165) is 24.6 Å². The standard InChI is InChI=1S/C22H24F2N6O/c1-26-12-14(11-25)15-9-13-3-2-8-30(18(13)10-16(15)21(23)24)22-20-17(4-6-28-22)29-19(31)5-7-27-20/h4,6,9-12,21,25-27H,2-3,5,7-8H2,1H3,(H,29,31)/b14-12+,25-11?. The van der Waals surface area contributed by atoms with Crippen LogP contribution in [-0.2, 0) is 11.2 Å². The Kier molecular flexibility index (Phi) is 5.83. The number of hydrogen-bond acceptors (Lipinski definition) is 6. The Morgan fingerprint density at radius 2 is 2.19 bits per heavy atom. The Balaban J connectivity index is 1.85. The van der Waals surface area contributed by atoms with E-state index in [1.54, 1.807) is 31.6 Å². The van der Waals surface area contributed by atoms with Crippen molar-refractivity contribution < 1.29 is 13.6 Å².